The van der Waals surface area contributed by atoms with Crippen molar-refractivity contribution in [1.82, 2.24) is 4.90 Å². The van der Waals surface area contributed by atoms with Crippen molar-refractivity contribution in [2.24, 2.45) is 11.8 Å². The third-order valence-corrected chi connectivity index (χ3v) is 6.73. The van der Waals surface area contributed by atoms with Gasteiger partial charge < -0.3 is 9.47 Å². The van der Waals surface area contributed by atoms with Crippen molar-refractivity contribution < 1.29 is 14.3 Å². The summed E-state index contributed by atoms with van der Waals surface area (Å²) in [4.78, 5) is 15.6. The Hall–Kier alpha value is -1.75. The number of rotatable bonds is 8. The molecule has 0 spiro atoms. The van der Waals surface area contributed by atoms with Crippen LogP contribution in [0.3, 0.4) is 0 Å². The van der Waals surface area contributed by atoms with Crippen LogP contribution in [0.1, 0.15) is 54.6 Å². The van der Waals surface area contributed by atoms with Gasteiger partial charge in [-0.25, -0.2) is 0 Å². The third kappa shape index (κ3) is 5.78. The first kappa shape index (κ1) is 24.9. The fourth-order valence-electron chi connectivity index (χ4n) is 4.98. The van der Waals surface area contributed by atoms with Gasteiger partial charge in [0, 0.05) is 23.0 Å². The largest absolute Gasteiger partial charge is 0.490 e. The highest BCUT2D eigenvalue weighted by Gasteiger charge is 2.34. The van der Waals surface area contributed by atoms with E-state index in [-0.39, 0.29) is 24.1 Å². The molecule has 0 bridgehead atoms. The van der Waals surface area contributed by atoms with E-state index in [0.29, 0.717) is 24.9 Å². The summed E-state index contributed by atoms with van der Waals surface area (Å²) in [5, 5.41) is 0.798. The molecule has 1 atom stereocenters. The van der Waals surface area contributed by atoms with Crippen LogP contribution in [0.4, 0.5) is 0 Å². The average molecular weight is 478 g/mol. The molecule has 32 heavy (non-hydrogen) atoms. The van der Waals surface area contributed by atoms with Gasteiger partial charge in [0.2, 0.25) is 0 Å². The molecule has 1 heterocycles. The highest BCUT2D eigenvalue weighted by Crippen LogP contribution is 2.40. The zero-order valence-electron chi connectivity index (χ0n) is 18.9. The Kier molecular flexibility index (Phi) is 8.87. The summed E-state index contributed by atoms with van der Waals surface area (Å²) in [6.07, 6.45) is 4.10. The van der Waals surface area contributed by atoms with Crippen molar-refractivity contribution in [3.8, 4) is 11.5 Å². The lowest BCUT2D eigenvalue weighted by atomic mass is 9.85. The lowest BCUT2D eigenvalue weighted by Crippen LogP contribution is -2.34. The second kappa shape index (κ2) is 11.4. The van der Waals surface area contributed by atoms with Crippen molar-refractivity contribution in [2.75, 3.05) is 26.3 Å². The van der Waals surface area contributed by atoms with E-state index in [9.17, 15) is 4.79 Å². The second-order valence-electron chi connectivity index (χ2n) is 8.67. The summed E-state index contributed by atoms with van der Waals surface area (Å²) in [5.41, 5.74) is 3.21. The van der Waals surface area contributed by atoms with Gasteiger partial charge in [-0.3, -0.25) is 9.69 Å². The summed E-state index contributed by atoms with van der Waals surface area (Å²) >= 11 is 6.12. The molecule has 1 unspecified atom stereocenters. The van der Waals surface area contributed by atoms with Gasteiger partial charge in [-0.05, 0) is 93.9 Å². The Morgan fingerprint density at radius 1 is 1.03 bits per heavy atom. The Labute approximate surface area is 202 Å². The van der Waals surface area contributed by atoms with E-state index in [1.165, 1.54) is 5.56 Å². The van der Waals surface area contributed by atoms with E-state index in [1.807, 2.05) is 38.1 Å². The van der Waals surface area contributed by atoms with Gasteiger partial charge in [-0.2, -0.15) is 0 Å². The topological polar surface area (TPSA) is 38.8 Å². The van der Waals surface area contributed by atoms with Crippen LogP contribution in [-0.2, 0) is 13.0 Å². The molecule has 0 saturated carbocycles. The van der Waals surface area contributed by atoms with Gasteiger partial charge in [0.25, 0.3) is 0 Å². The molecule has 2 aliphatic rings. The number of ketones is 1. The van der Waals surface area contributed by atoms with E-state index in [4.69, 9.17) is 21.1 Å². The van der Waals surface area contributed by atoms with Crippen LogP contribution in [-0.4, -0.2) is 37.0 Å². The van der Waals surface area contributed by atoms with E-state index >= 15 is 0 Å². The first-order valence-corrected chi connectivity index (χ1v) is 11.9. The average Bonchev–Trinajstić information content (AvgIpc) is 3.05. The predicted octanol–water partition coefficient (Wildman–Crippen LogP) is 6.22. The van der Waals surface area contributed by atoms with Crippen molar-refractivity contribution in [3.63, 3.8) is 0 Å². The normalized spacial score (nSPS) is 18.8. The fourth-order valence-corrected chi connectivity index (χ4v) is 5.19. The van der Waals surface area contributed by atoms with Crippen LogP contribution < -0.4 is 9.47 Å². The molecule has 2 aromatic rings. The highest BCUT2D eigenvalue weighted by molar-refractivity contribution is 6.30. The van der Waals surface area contributed by atoms with Gasteiger partial charge in [-0.15, -0.1) is 12.4 Å². The van der Waals surface area contributed by atoms with Crippen LogP contribution in [0, 0.1) is 11.8 Å². The second-order valence-corrected chi connectivity index (χ2v) is 9.11. The lowest BCUT2D eigenvalue weighted by molar-refractivity contribution is 0.0895. The summed E-state index contributed by atoms with van der Waals surface area (Å²) in [6.45, 7) is 8.17. The molecule has 0 amide bonds. The Bertz CT molecular complexity index is 925. The smallest absolute Gasteiger partial charge is 0.166 e. The standard InChI is InChI=1S/C26H32ClNO3.ClH/c1-3-30-24-15-20-14-21(26(29)23(20)16-25(24)31-4-2)12-18-8-10-28(11-9-18)17-19-6-5-7-22(27)13-19;/h5-7,13,15-16,18,21H,3-4,8-12,14,17H2,1-2H3;1H. The van der Waals surface area contributed by atoms with E-state index in [1.54, 1.807) is 0 Å². The minimum absolute atomic E-state index is 0. The maximum atomic E-state index is 13.1. The quantitative estimate of drug-likeness (QED) is 0.452. The number of Topliss-reactive ketones (excluding diaryl/α,β-unsaturated/α-hetero) is 1. The zero-order chi connectivity index (χ0) is 21.8. The number of ether oxygens (including phenoxy) is 2. The number of carbonyl (C=O) groups excluding carboxylic acids is 1. The summed E-state index contributed by atoms with van der Waals surface area (Å²) in [6, 6.07) is 12.0. The third-order valence-electron chi connectivity index (χ3n) is 6.49. The fraction of sp³-hybridized carbons (Fsp3) is 0.500. The van der Waals surface area contributed by atoms with Crippen molar-refractivity contribution in [3.05, 3.63) is 58.1 Å². The van der Waals surface area contributed by atoms with Gasteiger partial charge in [0.1, 0.15) is 0 Å². The van der Waals surface area contributed by atoms with Crippen LogP contribution >= 0.6 is 24.0 Å². The summed E-state index contributed by atoms with van der Waals surface area (Å²) in [5.74, 6) is 2.42. The number of piperidine rings is 1. The molecule has 2 aromatic carbocycles. The molecule has 4 nitrogen and oxygen atoms in total. The molecule has 1 aliphatic heterocycles. The Morgan fingerprint density at radius 3 is 2.38 bits per heavy atom. The first-order chi connectivity index (χ1) is 15.1. The minimum atomic E-state index is 0. The number of benzene rings is 2. The van der Waals surface area contributed by atoms with Crippen LogP contribution in [0.15, 0.2) is 36.4 Å². The molecule has 0 N–H and O–H groups in total. The lowest BCUT2D eigenvalue weighted by Gasteiger charge is -2.33. The molecule has 0 aromatic heterocycles. The minimum Gasteiger partial charge on any atom is -0.490 e. The van der Waals surface area contributed by atoms with Crippen LogP contribution in [0.5, 0.6) is 11.5 Å². The van der Waals surface area contributed by atoms with Crippen LogP contribution in [0.2, 0.25) is 5.02 Å². The monoisotopic (exact) mass is 477 g/mol. The van der Waals surface area contributed by atoms with E-state index in [2.05, 4.69) is 17.0 Å². The maximum absolute atomic E-state index is 13.1. The molecule has 0 radical (unpaired) electrons. The van der Waals surface area contributed by atoms with Crippen LogP contribution in [0.25, 0.3) is 0 Å². The van der Waals surface area contributed by atoms with Crippen molar-refractivity contribution in [1.29, 1.82) is 0 Å². The number of hydrogen-bond donors (Lipinski definition) is 0. The van der Waals surface area contributed by atoms with Crippen molar-refractivity contribution >= 4 is 29.8 Å². The van der Waals surface area contributed by atoms with Gasteiger partial charge in [0.15, 0.2) is 17.3 Å². The predicted molar refractivity (Wildman–Crippen MR) is 132 cm³/mol. The molecule has 6 heteroatoms. The van der Waals surface area contributed by atoms with Gasteiger partial charge in [0.05, 0.1) is 13.2 Å². The highest BCUT2D eigenvalue weighted by atomic mass is 35.5. The molecular formula is C26H33Cl2NO3. The van der Waals surface area contributed by atoms with Gasteiger partial charge in [-0.1, -0.05) is 23.7 Å². The molecule has 1 fully saturated rings. The summed E-state index contributed by atoms with van der Waals surface area (Å²) < 4.78 is 11.5. The Balaban J connectivity index is 0.00000289. The molecule has 1 saturated heterocycles. The number of hydrogen-bond acceptors (Lipinski definition) is 4. The van der Waals surface area contributed by atoms with E-state index in [0.717, 1.165) is 67.2 Å². The molecule has 4 rings (SSSR count). The number of likely N-dealkylation sites (tertiary alicyclic amines) is 1. The first-order valence-electron chi connectivity index (χ1n) is 11.5. The molecular weight excluding hydrogens is 445 g/mol. The number of fused-ring (bicyclic) bond motifs is 1. The number of nitrogens with zero attached hydrogens (tertiary/aromatic N) is 1. The van der Waals surface area contributed by atoms with Crippen molar-refractivity contribution in [2.45, 2.75) is 46.1 Å². The SMILES string of the molecule is CCOc1cc2c(cc1OCC)C(=O)C(CC1CCN(Cc3cccc(Cl)c3)CC1)C2.Cl. The molecule has 174 valence electrons. The Morgan fingerprint density at radius 2 is 1.72 bits per heavy atom. The number of carbonyl (C=O) groups is 1. The maximum Gasteiger partial charge on any atom is 0.166 e. The molecule has 1 aliphatic carbocycles. The van der Waals surface area contributed by atoms with E-state index < -0.39 is 0 Å². The summed E-state index contributed by atoms with van der Waals surface area (Å²) in [7, 11) is 0. The zero-order valence-corrected chi connectivity index (χ0v) is 20.5. The van der Waals surface area contributed by atoms with Gasteiger partial charge >= 0.3 is 0 Å². The number of halogens is 2.